The Morgan fingerprint density at radius 3 is 2.41 bits per heavy atom. The van der Waals surface area contributed by atoms with Crippen LogP contribution in [0.5, 0.6) is 0 Å². The molecule has 0 saturated heterocycles. The van der Waals surface area contributed by atoms with Gasteiger partial charge in [0.05, 0.1) is 27.8 Å². The lowest BCUT2D eigenvalue weighted by Crippen LogP contribution is -2.30. The summed E-state index contributed by atoms with van der Waals surface area (Å²) in [7, 11) is 2.18. The summed E-state index contributed by atoms with van der Waals surface area (Å²) in [5.41, 5.74) is 7.22. The zero-order chi connectivity index (χ0) is 23.6. The highest BCUT2D eigenvalue weighted by Gasteiger charge is 2.31. The molecule has 0 atom stereocenters. The lowest BCUT2D eigenvalue weighted by Gasteiger charge is -2.13. The van der Waals surface area contributed by atoms with Gasteiger partial charge in [-0.2, -0.15) is 4.57 Å². The molecule has 4 aromatic carbocycles. The number of aromatic nitrogens is 3. The first-order valence-electron chi connectivity index (χ1n) is 11.7. The number of aryl methyl sites for hydroxylation is 2. The van der Waals surface area contributed by atoms with Crippen LogP contribution in [0.3, 0.4) is 0 Å². The second-order valence-electron chi connectivity index (χ2n) is 10.1. The van der Waals surface area contributed by atoms with Crippen LogP contribution in [-0.4, -0.2) is 9.55 Å². The van der Waals surface area contributed by atoms with Crippen LogP contribution < -0.4 is 4.57 Å². The van der Waals surface area contributed by atoms with Crippen LogP contribution in [0, 0.1) is 6.92 Å². The van der Waals surface area contributed by atoms with Crippen LogP contribution in [0.1, 0.15) is 31.3 Å². The molecule has 0 fully saturated rings. The van der Waals surface area contributed by atoms with Crippen molar-refractivity contribution in [3.63, 3.8) is 0 Å². The highest BCUT2D eigenvalue weighted by Crippen LogP contribution is 2.40. The maximum absolute atomic E-state index is 5.05. The number of benzene rings is 4. The molecule has 6 rings (SSSR count). The summed E-state index contributed by atoms with van der Waals surface area (Å²) in [6, 6.07) is 28.3. The summed E-state index contributed by atoms with van der Waals surface area (Å²) in [5, 5.41) is 3.66. The van der Waals surface area contributed by atoms with Crippen molar-refractivity contribution in [2.24, 2.45) is 7.05 Å². The van der Waals surface area contributed by atoms with E-state index in [1.807, 2.05) is 11.3 Å². The van der Waals surface area contributed by atoms with E-state index in [0.717, 1.165) is 5.52 Å². The fourth-order valence-corrected chi connectivity index (χ4v) is 6.15. The van der Waals surface area contributed by atoms with Gasteiger partial charge in [0, 0.05) is 10.8 Å². The zero-order valence-electron chi connectivity index (χ0n) is 20.3. The van der Waals surface area contributed by atoms with E-state index >= 15 is 0 Å². The Kier molecular flexibility index (Phi) is 4.65. The lowest BCUT2D eigenvalue weighted by molar-refractivity contribution is -0.633. The molecule has 0 aliphatic rings. The van der Waals surface area contributed by atoms with Gasteiger partial charge in [-0.25, -0.2) is 9.55 Å². The third kappa shape index (κ3) is 3.09. The number of imidazole rings is 1. The van der Waals surface area contributed by atoms with Crippen LogP contribution in [0.4, 0.5) is 0 Å². The fraction of sp³-hybridized carbons (Fsp3) is 0.200. The molecular weight excluding hydrogens is 434 g/mol. The van der Waals surface area contributed by atoms with Crippen LogP contribution in [-0.2, 0) is 12.5 Å². The second-order valence-corrected chi connectivity index (χ2v) is 11.1. The van der Waals surface area contributed by atoms with Crippen LogP contribution in [0.25, 0.3) is 49.1 Å². The minimum Gasteiger partial charge on any atom is -0.241 e. The third-order valence-electron chi connectivity index (χ3n) is 6.65. The maximum Gasteiger partial charge on any atom is 0.296 e. The molecule has 2 heterocycles. The largest absolute Gasteiger partial charge is 0.296 e. The van der Waals surface area contributed by atoms with Crippen molar-refractivity contribution in [3.8, 4) is 17.1 Å². The Bertz CT molecular complexity index is 1710. The van der Waals surface area contributed by atoms with E-state index in [9.17, 15) is 0 Å². The molecule has 168 valence electrons. The monoisotopic (exact) mass is 462 g/mol. The lowest BCUT2D eigenvalue weighted by atomic mass is 9.98. The van der Waals surface area contributed by atoms with Gasteiger partial charge in [0.2, 0.25) is 0 Å². The predicted octanol–water partition coefficient (Wildman–Crippen LogP) is 7.49. The van der Waals surface area contributed by atoms with E-state index in [1.165, 1.54) is 54.2 Å². The van der Waals surface area contributed by atoms with Crippen LogP contribution >= 0.6 is 11.3 Å². The number of thiazole rings is 1. The summed E-state index contributed by atoms with van der Waals surface area (Å²) >= 11 is 1.83. The number of hydrogen-bond acceptors (Lipinski definition) is 2. The molecule has 2 aromatic heterocycles. The van der Waals surface area contributed by atoms with Gasteiger partial charge >= 0.3 is 0 Å². The maximum atomic E-state index is 5.05. The number of para-hydroxylation sites is 2. The third-order valence-corrected chi connectivity index (χ3v) is 8.17. The van der Waals surface area contributed by atoms with Gasteiger partial charge in [0.25, 0.3) is 5.82 Å². The molecule has 0 radical (unpaired) electrons. The van der Waals surface area contributed by atoms with Crippen molar-refractivity contribution in [2.45, 2.75) is 33.1 Å². The Hall–Kier alpha value is -3.50. The van der Waals surface area contributed by atoms with Crippen molar-refractivity contribution in [1.82, 2.24) is 9.55 Å². The Morgan fingerprint density at radius 2 is 1.59 bits per heavy atom. The van der Waals surface area contributed by atoms with Crippen LogP contribution in [0.15, 0.2) is 78.9 Å². The van der Waals surface area contributed by atoms with Crippen molar-refractivity contribution < 1.29 is 4.57 Å². The van der Waals surface area contributed by atoms with Gasteiger partial charge in [-0.05, 0) is 42.1 Å². The fourth-order valence-electron chi connectivity index (χ4n) is 4.93. The quantitative estimate of drug-likeness (QED) is 0.244. The second kappa shape index (κ2) is 7.51. The molecule has 0 amide bonds. The summed E-state index contributed by atoms with van der Waals surface area (Å²) in [6.45, 7) is 8.94. The standard InChI is InChI=1S/C30H28N3S/c1-19-17-18-22-27(34-29(31-22)30(2,3)4)26(19)28-32(5)24-14-8-9-15-25(24)33(28)23-16-10-12-20-11-6-7-13-21(20)23/h6-18H,1-5H3/q+1. The highest BCUT2D eigenvalue weighted by molar-refractivity contribution is 7.19. The first-order chi connectivity index (χ1) is 16.3. The molecule has 0 aliphatic heterocycles. The van der Waals surface area contributed by atoms with Crippen molar-refractivity contribution in [2.75, 3.05) is 0 Å². The summed E-state index contributed by atoms with van der Waals surface area (Å²) in [4.78, 5) is 5.05. The number of rotatable bonds is 2. The molecular formula is C30H28N3S+. The normalized spacial score (nSPS) is 12.3. The zero-order valence-corrected chi connectivity index (χ0v) is 21.1. The SMILES string of the molecule is Cc1ccc2nc(C(C)(C)C)sc2c1-c1n(-c2cccc3ccccc23)c2ccccc2[n+]1C. The molecule has 0 bridgehead atoms. The van der Waals surface area contributed by atoms with Gasteiger partial charge in [-0.1, -0.05) is 75.4 Å². The molecule has 0 unspecified atom stereocenters. The van der Waals surface area contributed by atoms with Gasteiger partial charge in [-0.3, -0.25) is 0 Å². The van der Waals surface area contributed by atoms with E-state index in [2.05, 4.69) is 123 Å². The molecule has 0 aliphatic carbocycles. The highest BCUT2D eigenvalue weighted by atomic mass is 32.1. The average Bonchev–Trinajstić information content (AvgIpc) is 3.39. The molecule has 6 aromatic rings. The van der Waals surface area contributed by atoms with Gasteiger partial charge in [0.15, 0.2) is 11.0 Å². The average molecular weight is 463 g/mol. The molecule has 34 heavy (non-hydrogen) atoms. The topological polar surface area (TPSA) is 21.7 Å². The molecule has 0 saturated carbocycles. The Labute approximate surface area is 203 Å². The van der Waals surface area contributed by atoms with Crippen LogP contribution in [0.2, 0.25) is 0 Å². The Morgan fingerprint density at radius 1 is 0.853 bits per heavy atom. The van der Waals surface area contributed by atoms with Crippen molar-refractivity contribution in [1.29, 1.82) is 0 Å². The van der Waals surface area contributed by atoms with E-state index < -0.39 is 0 Å². The van der Waals surface area contributed by atoms with E-state index in [1.54, 1.807) is 0 Å². The first-order valence-corrected chi connectivity index (χ1v) is 12.5. The molecule has 0 N–H and O–H groups in total. The summed E-state index contributed by atoms with van der Waals surface area (Å²) in [5.74, 6) is 1.18. The van der Waals surface area contributed by atoms with Gasteiger partial charge < -0.3 is 0 Å². The van der Waals surface area contributed by atoms with E-state index in [-0.39, 0.29) is 5.41 Å². The Balaban J connectivity index is 1.79. The van der Waals surface area contributed by atoms with Gasteiger partial charge in [-0.15, -0.1) is 11.3 Å². The smallest absolute Gasteiger partial charge is 0.241 e. The number of hydrogen-bond donors (Lipinski definition) is 0. The predicted molar refractivity (Wildman–Crippen MR) is 144 cm³/mol. The molecule has 4 heteroatoms. The minimum absolute atomic E-state index is 0.0133. The van der Waals surface area contributed by atoms with Gasteiger partial charge in [0.1, 0.15) is 5.69 Å². The summed E-state index contributed by atoms with van der Waals surface area (Å²) in [6.07, 6.45) is 0. The first kappa shape index (κ1) is 21.1. The van der Waals surface area contributed by atoms with Crippen molar-refractivity contribution in [3.05, 3.63) is 89.4 Å². The minimum atomic E-state index is 0.0133. The number of nitrogens with zero attached hydrogens (tertiary/aromatic N) is 3. The van der Waals surface area contributed by atoms with Crippen molar-refractivity contribution >= 4 is 43.4 Å². The summed E-state index contributed by atoms with van der Waals surface area (Å²) < 4.78 is 6.04. The van der Waals surface area contributed by atoms with E-state index in [4.69, 9.17) is 4.98 Å². The molecule has 3 nitrogen and oxygen atoms in total. The number of fused-ring (bicyclic) bond motifs is 3. The van der Waals surface area contributed by atoms with E-state index in [0.29, 0.717) is 0 Å². The molecule has 0 spiro atoms.